The average Bonchev–Trinajstić information content (AvgIpc) is 2.27. The second-order valence-electron chi connectivity index (χ2n) is 3.62. The Morgan fingerprint density at radius 1 is 1.47 bits per heavy atom. The Bertz CT molecular complexity index is 462. The van der Waals surface area contributed by atoms with Crippen molar-refractivity contribution < 1.29 is 13.0 Å². The molecule has 0 heterocycles. The maximum atomic E-state index is 13.4. The van der Waals surface area contributed by atoms with Crippen molar-refractivity contribution in [1.82, 2.24) is 0 Å². The highest BCUT2D eigenvalue weighted by molar-refractivity contribution is 7.84. The van der Waals surface area contributed by atoms with E-state index < -0.39 is 22.4 Å². The molecule has 17 heavy (non-hydrogen) atoms. The first-order chi connectivity index (χ1) is 7.95. The molecule has 3 nitrogen and oxygen atoms in total. The van der Waals surface area contributed by atoms with Crippen molar-refractivity contribution in [1.29, 1.82) is 5.26 Å². The van der Waals surface area contributed by atoms with Gasteiger partial charge in [0, 0.05) is 28.9 Å². The van der Waals surface area contributed by atoms with Crippen LogP contribution in [0.1, 0.15) is 12.5 Å². The summed E-state index contributed by atoms with van der Waals surface area (Å²) >= 11 is 0. The van der Waals surface area contributed by atoms with Crippen LogP contribution in [-0.2, 0) is 10.8 Å². The van der Waals surface area contributed by atoms with E-state index in [-0.39, 0.29) is 23.0 Å². The molecule has 0 aliphatic rings. The van der Waals surface area contributed by atoms with Crippen molar-refractivity contribution in [2.24, 2.45) is 0 Å². The molecule has 1 rings (SSSR count). The van der Waals surface area contributed by atoms with E-state index in [0.717, 1.165) is 12.1 Å². The fourth-order valence-corrected chi connectivity index (χ4v) is 1.49. The molecule has 0 amide bonds. The molecule has 0 saturated heterocycles. The summed E-state index contributed by atoms with van der Waals surface area (Å²) in [6, 6.07) is 3.58. The predicted octanol–water partition coefficient (Wildman–Crippen LogP) is 2.02. The zero-order chi connectivity index (χ0) is 13.0. The molecular weight excluding hydrogens is 246 g/mol. The lowest BCUT2D eigenvalue weighted by molar-refractivity contribution is 0.587. The maximum Gasteiger partial charge on any atom is 0.150 e. The largest absolute Gasteiger partial charge is 0.379 e. The van der Waals surface area contributed by atoms with Crippen LogP contribution >= 0.6 is 0 Å². The Balaban J connectivity index is 2.86. The number of anilines is 1. The number of nitriles is 1. The molecule has 0 radical (unpaired) electrons. The van der Waals surface area contributed by atoms with Gasteiger partial charge in [0.2, 0.25) is 0 Å². The Kier molecular flexibility index (Phi) is 4.58. The summed E-state index contributed by atoms with van der Waals surface area (Å²) in [6.45, 7) is 1.91. The van der Waals surface area contributed by atoms with Gasteiger partial charge in [-0.25, -0.2) is 8.78 Å². The Hall–Kier alpha value is -1.48. The Morgan fingerprint density at radius 3 is 2.41 bits per heavy atom. The number of hydrogen-bond donors (Lipinski definition) is 1. The summed E-state index contributed by atoms with van der Waals surface area (Å²) < 4.78 is 37.9. The van der Waals surface area contributed by atoms with Crippen LogP contribution in [0.25, 0.3) is 0 Å². The van der Waals surface area contributed by atoms with E-state index in [4.69, 9.17) is 5.26 Å². The maximum absolute atomic E-state index is 13.4. The minimum atomic E-state index is -1.06. The molecule has 0 spiro atoms. The van der Waals surface area contributed by atoms with Crippen LogP contribution in [0.2, 0.25) is 0 Å². The van der Waals surface area contributed by atoms with E-state index in [2.05, 4.69) is 5.32 Å². The van der Waals surface area contributed by atoms with Crippen LogP contribution < -0.4 is 5.32 Å². The zero-order valence-electron chi connectivity index (χ0n) is 9.46. The molecule has 0 aliphatic heterocycles. The third-order valence-electron chi connectivity index (χ3n) is 2.30. The lowest BCUT2D eigenvalue weighted by atomic mass is 10.2. The van der Waals surface area contributed by atoms with Crippen LogP contribution in [0.15, 0.2) is 12.1 Å². The zero-order valence-corrected chi connectivity index (χ0v) is 10.3. The number of nitrogens with zero attached hydrogens (tertiary/aromatic N) is 1. The van der Waals surface area contributed by atoms with Crippen LogP contribution in [0.4, 0.5) is 14.5 Å². The summed E-state index contributed by atoms with van der Waals surface area (Å²) in [7, 11) is -1.06. The van der Waals surface area contributed by atoms with Gasteiger partial charge in [-0.1, -0.05) is 0 Å². The highest BCUT2D eigenvalue weighted by Crippen LogP contribution is 2.20. The van der Waals surface area contributed by atoms with Crippen LogP contribution in [-0.4, -0.2) is 22.3 Å². The molecule has 6 heteroatoms. The fraction of sp³-hybridized carbons (Fsp3) is 0.364. The normalized spacial score (nSPS) is 13.8. The second-order valence-corrected chi connectivity index (χ2v) is 5.42. The predicted molar refractivity (Wildman–Crippen MR) is 63.1 cm³/mol. The van der Waals surface area contributed by atoms with Gasteiger partial charge in [-0.05, 0) is 19.1 Å². The highest BCUT2D eigenvalue weighted by Gasteiger charge is 2.13. The number of hydrogen-bond acceptors (Lipinski definition) is 3. The minimum Gasteiger partial charge on any atom is -0.379 e. The standard InChI is InChI=1S/C11H12F2N2OS/c1-7(17(2)16)6-15-11-9(12)3-8(5-14)4-10(11)13/h3-4,7,15H,6H2,1-2H3. The van der Waals surface area contributed by atoms with Crippen molar-refractivity contribution in [3.05, 3.63) is 29.3 Å². The summed E-state index contributed by atoms with van der Waals surface area (Å²) in [5, 5.41) is 10.9. The molecule has 0 fully saturated rings. The van der Waals surface area contributed by atoms with Gasteiger partial charge in [0.05, 0.1) is 11.6 Å². The topological polar surface area (TPSA) is 52.9 Å². The van der Waals surface area contributed by atoms with Crippen molar-refractivity contribution in [3.8, 4) is 6.07 Å². The first kappa shape index (κ1) is 13.6. The molecule has 2 atom stereocenters. The van der Waals surface area contributed by atoms with Gasteiger partial charge in [0.1, 0.15) is 5.69 Å². The third kappa shape index (κ3) is 3.49. The minimum absolute atomic E-state index is 0.0716. The fourth-order valence-electron chi connectivity index (χ4n) is 1.17. The Labute approximate surface area is 101 Å². The summed E-state index contributed by atoms with van der Waals surface area (Å²) in [6.07, 6.45) is 1.53. The van der Waals surface area contributed by atoms with Gasteiger partial charge < -0.3 is 5.32 Å². The van der Waals surface area contributed by atoms with Crippen molar-refractivity contribution in [2.75, 3.05) is 18.1 Å². The van der Waals surface area contributed by atoms with E-state index in [1.165, 1.54) is 6.26 Å². The molecule has 0 aliphatic carbocycles. The van der Waals surface area contributed by atoms with Gasteiger partial charge in [-0.2, -0.15) is 5.26 Å². The summed E-state index contributed by atoms with van der Waals surface area (Å²) in [5.41, 5.74) is -0.362. The average molecular weight is 258 g/mol. The lowest BCUT2D eigenvalue weighted by Crippen LogP contribution is -2.21. The number of halogens is 2. The van der Waals surface area contributed by atoms with Crippen LogP contribution in [0.5, 0.6) is 0 Å². The highest BCUT2D eigenvalue weighted by atomic mass is 32.2. The van der Waals surface area contributed by atoms with Gasteiger partial charge in [-0.3, -0.25) is 4.21 Å². The quantitative estimate of drug-likeness (QED) is 0.898. The van der Waals surface area contributed by atoms with E-state index in [0.29, 0.717) is 0 Å². The van der Waals surface area contributed by atoms with Gasteiger partial charge in [0.25, 0.3) is 0 Å². The smallest absolute Gasteiger partial charge is 0.150 e. The van der Waals surface area contributed by atoms with E-state index in [9.17, 15) is 13.0 Å². The third-order valence-corrected chi connectivity index (χ3v) is 3.60. The molecule has 1 N–H and O–H groups in total. The summed E-state index contributed by atoms with van der Waals surface area (Å²) in [5.74, 6) is -1.65. The molecule has 0 saturated carbocycles. The molecule has 2 unspecified atom stereocenters. The summed E-state index contributed by atoms with van der Waals surface area (Å²) in [4.78, 5) is 0. The first-order valence-electron chi connectivity index (χ1n) is 4.91. The van der Waals surface area contributed by atoms with Gasteiger partial charge in [-0.15, -0.1) is 0 Å². The molecule has 92 valence electrons. The molecule has 1 aromatic rings. The van der Waals surface area contributed by atoms with Gasteiger partial charge in [0.15, 0.2) is 11.6 Å². The monoisotopic (exact) mass is 258 g/mol. The first-order valence-corrected chi connectivity index (χ1v) is 6.53. The van der Waals surface area contributed by atoms with E-state index in [1.807, 2.05) is 0 Å². The molecule has 1 aromatic carbocycles. The van der Waals surface area contributed by atoms with E-state index in [1.54, 1.807) is 13.0 Å². The lowest BCUT2D eigenvalue weighted by Gasteiger charge is -2.12. The Morgan fingerprint density at radius 2 is 2.00 bits per heavy atom. The van der Waals surface area contributed by atoms with Crippen molar-refractivity contribution >= 4 is 16.5 Å². The van der Waals surface area contributed by atoms with Gasteiger partial charge >= 0.3 is 0 Å². The molecular formula is C11H12F2N2OS. The van der Waals surface area contributed by atoms with Crippen molar-refractivity contribution in [2.45, 2.75) is 12.2 Å². The number of rotatable bonds is 4. The van der Waals surface area contributed by atoms with Crippen LogP contribution in [0, 0.1) is 23.0 Å². The van der Waals surface area contributed by atoms with Crippen LogP contribution in [0.3, 0.4) is 0 Å². The number of benzene rings is 1. The molecule has 0 bridgehead atoms. The molecule has 0 aromatic heterocycles. The number of nitrogens with one attached hydrogen (secondary N) is 1. The van der Waals surface area contributed by atoms with E-state index >= 15 is 0 Å². The SMILES string of the molecule is CC(CNc1c(F)cc(C#N)cc1F)S(C)=O. The second kappa shape index (κ2) is 5.73. The van der Waals surface area contributed by atoms with Crippen molar-refractivity contribution in [3.63, 3.8) is 0 Å².